The van der Waals surface area contributed by atoms with Crippen LogP contribution in [0.5, 0.6) is 5.75 Å². The van der Waals surface area contributed by atoms with Crippen molar-refractivity contribution in [2.24, 2.45) is 4.99 Å². The number of halogens is 6. The van der Waals surface area contributed by atoms with Gasteiger partial charge in [0, 0.05) is 5.02 Å². The van der Waals surface area contributed by atoms with Gasteiger partial charge < -0.3 is 14.2 Å². The van der Waals surface area contributed by atoms with E-state index in [0.29, 0.717) is 29.9 Å². The first-order valence-corrected chi connectivity index (χ1v) is 17.3. The average Bonchev–Trinajstić information content (AvgIpc) is 3.34. The summed E-state index contributed by atoms with van der Waals surface area (Å²) in [7, 11) is 0. The van der Waals surface area contributed by atoms with Gasteiger partial charge >= 0.3 is 18.1 Å². The van der Waals surface area contributed by atoms with Crippen LogP contribution < -0.4 is 19.6 Å². The second-order valence-corrected chi connectivity index (χ2v) is 13.6. The van der Waals surface area contributed by atoms with Crippen molar-refractivity contribution in [2.45, 2.75) is 32.7 Å². The Labute approximate surface area is 302 Å². The van der Waals surface area contributed by atoms with E-state index in [4.69, 9.17) is 25.8 Å². The SMILES string of the molecule is CCOC(=O)C1=C(C(F)(F)F)N=c2s/c(=C\c3cc(Br)c(OCc4ccc(C(=O)OCC)cc4)c(I)c3)c(=O)n2[C@H]1c1ccc(Cl)cc1. The second kappa shape index (κ2) is 15.0. The lowest BCUT2D eigenvalue weighted by Crippen LogP contribution is -2.41. The smallest absolute Gasteiger partial charge is 0.434 e. The molecule has 15 heteroatoms. The predicted octanol–water partition coefficient (Wildman–Crippen LogP) is 7.12. The molecule has 0 spiro atoms. The van der Waals surface area contributed by atoms with Crippen LogP contribution in [0.2, 0.25) is 5.02 Å². The van der Waals surface area contributed by atoms with E-state index >= 15 is 0 Å². The van der Waals surface area contributed by atoms with Crippen LogP contribution in [0.1, 0.15) is 46.9 Å². The Morgan fingerprint density at radius 2 is 1.69 bits per heavy atom. The molecule has 5 rings (SSSR count). The third kappa shape index (κ3) is 7.71. The normalized spacial score (nSPS) is 14.8. The molecule has 2 heterocycles. The number of benzene rings is 3. The largest absolute Gasteiger partial charge is 0.487 e. The summed E-state index contributed by atoms with van der Waals surface area (Å²) in [6, 6.07) is 14.7. The standard InChI is InChI=1S/C33H24BrClF3IN2O6S/c1-3-45-30(43)20-7-5-17(6-8-20)16-47-27-22(34)13-18(14-23(27)39)15-24-29(42)41-26(19-9-11-21(35)12-10-19)25(31(44)46-4-2)28(33(36,37)38)40-32(41)48-24/h5-15,26H,3-4,16H2,1-2H3/b24-15-/t26-/m0/s1. The summed E-state index contributed by atoms with van der Waals surface area (Å²) in [4.78, 5) is 42.4. The van der Waals surface area contributed by atoms with Gasteiger partial charge in [0.15, 0.2) is 10.5 Å². The number of thiazole rings is 1. The number of rotatable bonds is 9. The number of esters is 2. The highest BCUT2D eigenvalue weighted by Gasteiger charge is 2.45. The minimum atomic E-state index is -5.01. The van der Waals surface area contributed by atoms with Crippen molar-refractivity contribution in [2.75, 3.05) is 13.2 Å². The lowest BCUT2D eigenvalue weighted by Gasteiger charge is -2.26. The first-order valence-electron chi connectivity index (χ1n) is 14.3. The van der Waals surface area contributed by atoms with Gasteiger partial charge in [-0.3, -0.25) is 9.36 Å². The van der Waals surface area contributed by atoms with Crippen molar-refractivity contribution < 1.29 is 37.0 Å². The van der Waals surface area contributed by atoms with E-state index < -0.39 is 41.0 Å². The Hall–Kier alpha value is -3.47. The Balaban J connectivity index is 1.53. The molecular formula is C33H24BrClF3IN2O6S. The number of aromatic nitrogens is 1. The number of hydrogen-bond donors (Lipinski definition) is 0. The van der Waals surface area contributed by atoms with Gasteiger partial charge in [-0.25, -0.2) is 14.6 Å². The molecule has 1 atom stereocenters. The van der Waals surface area contributed by atoms with Gasteiger partial charge in [-0.2, -0.15) is 13.2 Å². The van der Waals surface area contributed by atoms with Crippen LogP contribution in [0.15, 0.2) is 86.2 Å². The molecule has 8 nitrogen and oxygen atoms in total. The van der Waals surface area contributed by atoms with Gasteiger partial charge in [-0.1, -0.05) is 47.2 Å². The maximum Gasteiger partial charge on any atom is 0.434 e. The lowest BCUT2D eigenvalue weighted by atomic mass is 9.95. The highest BCUT2D eigenvalue weighted by atomic mass is 127. The maximum atomic E-state index is 14.4. The number of hydrogen-bond acceptors (Lipinski definition) is 8. The minimum Gasteiger partial charge on any atom is -0.487 e. The highest BCUT2D eigenvalue weighted by Crippen LogP contribution is 2.39. The molecule has 1 aromatic heterocycles. The molecule has 0 saturated carbocycles. The van der Waals surface area contributed by atoms with Crippen LogP contribution in [-0.4, -0.2) is 35.9 Å². The third-order valence-electron chi connectivity index (χ3n) is 6.95. The molecule has 250 valence electrons. The molecule has 0 N–H and O–H groups in total. The van der Waals surface area contributed by atoms with E-state index in [-0.39, 0.29) is 34.7 Å². The minimum absolute atomic E-state index is 0.0948. The van der Waals surface area contributed by atoms with Crippen molar-refractivity contribution in [1.29, 1.82) is 0 Å². The summed E-state index contributed by atoms with van der Waals surface area (Å²) in [6.07, 6.45) is -3.48. The van der Waals surface area contributed by atoms with Crippen molar-refractivity contribution >= 4 is 79.5 Å². The predicted molar refractivity (Wildman–Crippen MR) is 186 cm³/mol. The van der Waals surface area contributed by atoms with E-state index in [1.54, 1.807) is 43.3 Å². The molecule has 4 aromatic rings. The van der Waals surface area contributed by atoms with Gasteiger partial charge in [0.05, 0.1) is 43.0 Å². The summed E-state index contributed by atoms with van der Waals surface area (Å²) in [6.45, 7) is 3.50. The third-order valence-corrected chi connectivity index (χ3v) is 9.57. The number of alkyl halides is 3. The van der Waals surface area contributed by atoms with Gasteiger partial charge in [0.1, 0.15) is 12.4 Å². The molecule has 0 radical (unpaired) electrons. The zero-order valence-corrected chi connectivity index (χ0v) is 30.4. The van der Waals surface area contributed by atoms with Crippen LogP contribution in [-0.2, 0) is 20.9 Å². The van der Waals surface area contributed by atoms with E-state index in [0.717, 1.165) is 21.5 Å². The molecular weight excluding hydrogens is 852 g/mol. The lowest BCUT2D eigenvalue weighted by molar-refractivity contribution is -0.140. The summed E-state index contributed by atoms with van der Waals surface area (Å²) in [5.41, 5.74) is -0.834. The van der Waals surface area contributed by atoms with E-state index in [9.17, 15) is 27.6 Å². The molecule has 1 aliphatic rings. The highest BCUT2D eigenvalue weighted by molar-refractivity contribution is 14.1. The fraction of sp³-hybridized carbons (Fsp3) is 0.212. The first-order chi connectivity index (χ1) is 22.8. The number of ether oxygens (including phenoxy) is 3. The number of allylic oxidation sites excluding steroid dienone is 1. The van der Waals surface area contributed by atoms with Crippen molar-refractivity contribution in [3.05, 3.63) is 127 Å². The average molecular weight is 876 g/mol. The van der Waals surface area contributed by atoms with Gasteiger partial charge in [-0.15, -0.1) is 0 Å². The van der Waals surface area contributed by atoms with E-state index in [2.05, 4.69) is 43.5 Å². The topological polar surface area (TPSA) is 96.2 Å². The first kappa shape index (κ1) is 35.8. The Bertz CT molecular complexity index is 2070. The van der Waals surface area contributed by atoms with Crippen LogP contribution in [0.4, 0.5) is 13.2 Å². The van der Waals surface area contributed by atoms with Crippen molar-refractivity contribution in [1.82, 2.24) is 4.57 Å². The van der Waals surface area contributed by atoms with E-state index in [1.807, 2.05) is 0 Å². The maximum absolute atomic E-state index is 14.4. The monoisotopic (exact) mass is 874 g/mol. The van der Waals surface area contributed by atoms with E-state index in [1.165, 1.54) is 37.3 Å². The van der Waals surface area contributed by atoms with Crippen LogP contribution in [0, 0.1) is 3.57 Å². The fourth-order valence-corrected chi connectivity index (χ4v) is 7.76. The Morgan fingerprint density at radius 3 is 2.29 bits per heavy atom. The zero-order chi connectivity index (χ0) is 34.7. The van der Waals surface area contributed by atoms with Gasteiger partial charge in [0.2, 0.25) is 0 Å². The number of fused-ring (bicyclic) bond motifs is 1. The molecule has 0 fully saturated rings. The molecule has 0 saturated heterocycles. The quantitative estimate of drug-likeness (QED) is 0.131. The molecule has 0 unspecified atom stereocenters. The molecule has 0 aliphatic carbocycles. The van der Waals surface area contributed by atoms with Gasteiger partial charge in [-0.05, 0) is 112 Å². The van der Waals surface area contributed by atoms with Crippen LogP contribution >= 0.6 is 61.5 Å². The van der Waals surface area contributed by atoms with Gasteiger partial charge in [0.25, 0.3) is 5.56 Å². The fourth-order valence-electron chi connectivity index (χ4n) is 4.86. The number of carbonyl (C=O) groups is 2. The van der Waals surface area contributed by atoms with Crippen LogP contribution in [0.3, 0.4) is 0 Å². The molecule has 3 aromatic carbocycles. The van der Waals surface area contributed by atoms with Crippen LogP contribution in [0.25, 0.3) is 6.08 Å². The summed E-state index contributed by atoms with van der Waals surface area (Å²) >= 11 is 12.4. The number of carbonyl (C=O) groups excluding carboxylic acids is 2. The summed E-state index contributed by atoms with van der Waals surface area (Å²) in [5.74, 6) is -1.11. The van der Waals surface area contributed by atoms with Crippen molar-refractivity contribution in [3.63, 3.8) is 0 Å². The Kier molecular flexibility index (Phi) is 11.2. The molecule has 1 aliphatic heterocycles. The Morgan fingerprint density at radius 1 is 1.04 bits per heavy atom. The summed E-state index contributed by atoms with van der Waals surface area (Å²) < 4.78 is 61.6. The molecule has 48 heavy (non-hydrogen) atoms. The van der Waals surface area contributed by atoms with Crippen molar-refractivity contribution in [3.8, 4) is 5.75 Å². The molecule has 0 amide bonds. The second-order valence-electron chi connectivity index (χ2n) is 10.1. The number of nitrogens with zero attached hydrogens (tertiary/aromatic N) is 2. The summed E-state index contributed by atoms with van der Waals surface area (Å²) in [5, 5.41) is 0.323. The zero-order valence-electron chi connectivity index (χ0n) is 25.1. The molecule has 0 bridgehead atoms.